The van der Waals surface area contributed by atoms with Gasteiger partial charge in [0, 0.05) is 30.9 Å². The highest BCUT2D eigenvalue weighted by Gasteiger charge is 2.22. The topological polar surface area (TPSA) is 61.0 Å². The monoisotopic (exact) mass is 322 g/mol. The molecule has 3 rings (SSSR count). The summed E-state index contributed by atoms with van der Waals surface area (Å²) in [7, 11) is 1.99. The molecule has 0 spiro atoms. The third kappa shape index (κ3) is 3.59. The number of fused-ring (bicyclic) bond motifs is 1. The molecular formula is C16H23ClN4O. The minimum absolute atomic E-state index is 0. The molecule has 2 N–H and O–H groups in total. The summed E-state index contributed by atoms with van der Waals surface area (Å²) in [5.41, 5.74) is 1.90. The van der Waals surface area contributed by atoms with Crippen LogP contribution in [0, 0.1) is 5.92 Å². The number of likely N-dealkylation sites (tertiary alicyclic amines) is 1. The molecule has 1 fully saturated rings. The summed E-state index contributed by atoms with van der Waals surface area (Å²) < 4.78 is 0. The number of nitrogens with zero attached hydrogens (tertiary/aromatic N) is 2. The summed E-state index contributed by atoms with van der Waals surface area (Å²) in [5.74, 6) is 0.930. The van der Waals surface area contributed by atoms with Crippen molar-refractivity contribution in [1.29, 1.82) is 0 Å². The number of hydrogen-bond acceptors (Lipinski definition) is 3. The standard InChI is InChI=1S/C16H22N4O.ClH/c1-17-10-12-4-7-20(8-5-12)15(21)9-13-11-19-16-14(13)3-2-6-18-16;/h2-3,6,11-12,17H,4-5,7-10H2,1H3,(H,18,19);1H. The Morgan fingerprint density at radius 3 is 2.95 bits per heavy atom. The highest BCUT2D eigenvalue weighted by atomic mass is 35.5. The van der Waals surface area contributed by atoms with Crippen molar-refractivity contribution in [2.24, 2.45) is 5.92 Å². The van der Waals surface area contributed by atoms with Gasteiger partial charge in [0.1, 0.15) is 5.65 Å². The molecule has 1 aliphatic rings. The van der Waals surface area contributed by atoms with Crippen LogP contribution >= 0.6 is 12.4 Å². The van der Waals surface area contributed by atoms with Gasteiger partial charge in [-0.2, -0.15) is 0 Å². The Balaban J connectivity index is 0.00000176. The molecule has 1 saturated heterocycles. The van der Waals surface area contributed by atoms with E-state index in [9.17, 15) is 4.79 Å². The van der Waals surface area contributed by atoms with Gasteiger partial charge in [0.2, 0.25) is 5.91 Å². The van der Waals surface area contributed by atoms with Crippen LogP contribution < -0.4 is 5.32 Å². The molecule has 6 heteroatoms. The van der Waals surface area contributed by atoms with E-state index in [0.717, 1.165) is 49.1 Å². The zero-order chi connectivity index (χ0) is 14.7. The molecule has 0 atom stereocenters. The average molecular weight is 323 g/mol. The van der Waals surface area contributed by atoms with E-state index in [2.05, 4.69) is 15.3 Å². The molecule has 0 saturated carbocycles. The zero-order valence-corrected chi connectivity index (χ0v) is 13.7. The number of carbonyl (C=O) groups is 1. The van der Waals surface area contributed by atoms with E-state index in [0.29, 0.717) is 12.3 Å². The van der Waals surface area contributed by atoms with Crippen LogP contribution in [0.15, 0.2) is 24.5 Å². The second-order valence-corrected chi connectivity index (χ2v) is 5.77. The quantitative estimate of drug-likeness (QED) is 0.905. The number of aromatic nitrogens is 2. The van der Waals surface area contributed by atoms with Gasteiger partial charge >= 0.3 is 0 Å². The van der Waals surface area contributed by atoms with Crippen LogP contribution in [0.4, 0.5) is 0 Å². The van der Waals surface area contributed by atoms with Crippen LogP contribution in [-0.4, -0.2) is 47.5 Å². The Morgan fingerprint density at radius 2 is 2.23 bits per heavy atom. The van der Waals surface area contributed by atoms with E-state index in [-0.39, 0.29) is 18.3 Å². The van der Waals surface area contributed by atoms with Gasteiger partial charge in [0.15, 0.2) is 0 Å². The van der Waals surface area contributed by atoms with Gasteiger partial charge < -0.3 is 15.2 Å². The highest BCUT2D eigenvalue weighted by Crippen LogP contribution is 2.20. The molecule has 1 aliphatic heterocycles. The van der Waals surface area contributed by atoms with Crippen molar-refractivity contribution in [1.82, 2.24) is 20.2 Å². The first-order valence-corrected chi connectivity index (χ1v) is 7.61. The largest absolute Gasteiger partial charge is 0.346 e. The summed E-state index contributed by atoms with van der Waals surface area (Å²) in [6, 6.07) is 3.92. The number of piperidine rings is 1. The smallest absolute Gasteiger partial charge is 0.227 e. The Kier molecular flexibility index (Phi) is 5.80. The van der Waals surface area contributed by atoms with Gasteiger partial charge in [0.25, 0.3) is 0 Å². The molecule has 0 radical (unpaired) electrons. The van der Waals surface area contributed by atoms with Gasteiger partial charge in [-0.15, -0.1) is 12.4 Å². The molecule has 0 bridgehead atoms. The van der Waals surface area contributed by atoms with Crippen molar-refractivity contribution < 1.29 is 4.79 Å². The number of nitrogens with one attached hydrogen (secondary N) is 2. The fraction of sp³-hybridized carbons (Fsp3) is 0.500. The SMILES string of the molecule is CNCC1CCN(C(=O)Cc2c[nH]c3ncccc23)CC1.Cl. The fourth-order valence-electron chi connectivity index (χ4n) is 3.11. The predicted molar refractivity (Wildman–Crippen MR) is 90.3 cm³/mol. The minimum atomic E-state index is 0. The Hall–Kier alpha value is -1.59. The van der Waals surface area contributed by atoms with Crippen LogP contribution in [0.25, 0.3) is 11.0 Å². The van der Waals surface area contributed by atoms with Crippen LogP contribution in [0.5, 0.6) is 0 Å². The van der Waals surface area contributed by atoms with Gasteiger partial charge in [-0.05, 0) is 50.0 Å². The number of pyridine rings is 1. The van der Waals surface area contributed by atoms with Crippen molar-refractivity contribution in [3.63, 3.8) is 0 Å². The lowest BCUT2D eigenvalue weighted by molar-refractivity contribution is -0.131. The van der Waals surface area contributed by atoms with Crippen LogP contribution in [0.3, 0.4) is 0 Å². The maximum absolute atomic E-state index is 12.4. The number of aromatic amines is 1. The summed E-state index contributed by atoms with van der Waals surface area (Å²) >= 11 is 0. The Morgan fingerprint density at radius 1 is 1.45 bits per heavy atom. The number of H-pyrrole nitrogens is 1. The molecule has 2 aromatic heterocycles. The fourth-order valence-corrected chi connectivity index (χ4v) is 3.11. The van der Waals surface area contributed by atoms with Crippen molar-refractivity contribution >= 4 is 29.3 Å². The van der Waals surface area contributed by atoms with Crippen molar-refractivity contribution in [2.75, 3.05) is 26.7 Å². The van der Waals surface area contributed by atoms with E-state index in [4.69, 9.17) is 0 Å². The first-order chi connectivity index (χ1) is 10.3. The summed E-state index contributed by atoms with van der Waals surface area (Å²) in [5, 5.41) is 4.28. The minimum Gasteiger partial charge on any atom is -0.346 e. The zero-order valence-electron chi connectivity index (χ0n) is 12.8. The second-order valence-electron chi connectivity index (χ2n) is 5.77. The Bertz CT molecular complexity index is 619. The van der Waals surface area contributed by atoms with Crippen LogP contribution in [0.2, 0.25) is 0 Å². The maximum Gasteiger partial charge on any atom is 0.227 e. The second kappa shape index (κ2) is 7.61. The normalized spacial score (nSPS) is 15.8. The van der Waals surface area contributed by atoms with E-state index in [1.54, 1.807) is 6.20 Å². The molecule has 0 aliphatic carbocycles. The first-order valence-electron chi connectivity index (χ1n) is 7.61. The number of amides is 1. The predicted octanol–water partition coefficient (Wildman–Crippen LogP) is 1.99. The first kappa shape index (κ1) is 16.8. The van der Waals surface area contributed by atoms with Crippen molar-refractivity contribution in [3.05, 3.63) is 30.1 Å². The average Bonchev–Trinajstić information content (AvgIpc) is 2.92. The number of halogens is 1. The van der Waals surface area contributed by atoms with E-state index >= 15 is 0 Å². The van der Waals surface area contributed by atoms with Crippen LogP contribution in [-0.2, 0) is 11.2 Å². The van der Waals surface area contributed by atoms with E-state index < -0.39 is 0 Å². The lowest BCUT2D eigenvalue weighted by atomic mass is 9.96. The maximum atomic E-state index is 12.4. The molecule has 22 heavy (non-hydrogen) atoms. The molecular weight excluding hydrogens is 300 g/mol. The third-order valence-electron chi connectivity index (χ3n) is 4.34. The van der Waals surface area contributed by atoms with Gasteiger partial charge in [-0.3, -0.25) is 4.79 Å². The van der Waals surface area contributed by atoms with Gasteiger partial charge in [-0.1, -0.05) is 0 Å². The lowest BCUT2D eigenvalue weighted by Gasteiger charge is -2.32. The highest BCUT2D eigenvalue weighted by molar-refractivity contribution is 5.87. The number of carbonyl (C=O) groups excluding carboxylic acids is 1. The van der Waals surface area contributed by atoms with Crippen molar-refractivity contribution in [3.8, 4) is 0 Å². The summed E-state index contributed by atoms with van der Waals surface area (Å²) in [6.45, 7) is 2.81. The lowest BCUT2D eigenvalue weighted by Crippen LogP contribution is -2.41. The molecule has 3 heterocycles. The molecule has 5 nitrogen and oxygen atoms in total. The third-order valence-corrected chi connectivity index (χ3v) is 4.34. The van der Waals surface area contributed by atoms with E-state index in [1.165, 1.54) is 0 Å². The molecule has 0 unspecified atom stereocenters. The number of hydrogen-bond donors (Lipinski definition) is 2. The van der Waals surface area contributed by atoms with Crippen LogP contribution in [0.1, 0.15) is 18.4 Å². The molecule has 0 aromatic carbocycles. The summed E-state index contributed by atoms with van der Waals surface area (Å²) in [4.78, 5) is 21.8. The Labute approximate surface area is 136 Å². The number of rotatable bonds is 4. The molecule has 120 valence electrons. The van der Waals surface area contributed by atoms with Gasteiger partial charge in [0.05, 0.1) is 6.42 Å². The summed E-state index contributed by atoms with van der Waals surface area (Å²) in [6.07, 6.45) is 6.33. The van der Waals surface area contributed by atoms with E-state index in [1.807, 2.05) is 30.3 Å². The van der Waals surface area contributed by atoms with Gasteiger partial charge in [-0.25, -0.2) is 4.98 Å². The van der Waals surface area contributed by atoms with Crippen molar-refractivity contribution in [2.45, 2.75) is 19.3 Å². The molecule has 2 aromatic rings. The molecule has 1 amide bonds.